The van der Waals surface area contributed by atoms with Crippen LogP contribution in [0.5, 0.6) is 0 Å². The zero-order valence-electron chi connectivity index (χ0n) is 5.81. The fourth-order valence-corrected chi connectivity index (χ4v) is 1.13. The maximum absolute atomic E-state index is 5.26. The van der Waals surface area contributed by atoms with Crippen LogP contribution in [0.1, 0.15) is 13.8 Å². The molecule has 0 aliphatic heterocycles. The summed E-state index contributed by atoms with van der Waals surface area (Å²) >= 11 is 1.82. The standard InChI is InChI=1S/C6H14OS/c1-4-7-6(2)5-8-3/h6H,4-5H2,1-3H3. The predicted molar refractivity (Wildman–Crippen MR) is 39.5 cm³/mol. The molecule has 8 heavy (non-hydrogen) atoms. The average Bonchev–Trinajstić information content (AvgIpc) is 1.68. The van der Waals surface area contributed by atoms with Crippen molar-refractivity contribution in [1.29, 1.82) is 0 Å². The summed E-state index contributed by atoms with van der Waals surface area (Å²) in [6.07, 6.45) is 2.52. The molecule has 0 aliphatic carbocycles. The molecule has 0 fully saturated rings. The summed E-state index contributed by atoms with van der Waals surface area (Å²) in [7, 11) is 0. The van der Waals surface area contributed by atoms with Gasteiger partial charge in [0.05, 0.1) is 6.10 Å². The minimum Gasteiger partial charge on any atom is -0.378 e. The highest BCUT2D eigenvalue weighted by Gasteiger charge is 1.95. The molecule has 0 N–H and O–H groups in total. The van der Waals surface area contributed by atoms with Crippen molar-refractivity contribution in [3.63, 3.8) is 0 Å². The van der Waals surface area contributed by atoms with Crippen LogP contribution in [-0.4, -0.2) is 24.7 Å². The van der Waals surface area contributed by atoms with Crippen molar-refractivity contribution in [2.75, 3.05) is 18.6 Å². The number of hydrogen-bond donors (Lipinski definition) is 0. The Labute approximate surface area is 55.8 Å². The smallest absolute Gasteiger partial charge is 0.0637 e. The van der Waals surface area contributed by atoms with Crippen molar-refractivity contribution < 1.29 is 4.74 Å². The monoisotopic (exact) mass is 134 g/mol. The molecule has 0 saturated heterocycles. The molecule has 1 nitrogen and oxygen atoms in total. The number of ether oxygens (including phenoxy) is 1. The zero-order valence-corrected chi connectivity index (χ0v) is 6.62. The molecule has 0 aromatic carbocycles. The van der Waals surface area contributed by atoms with Gasteiger partial charge >= 0.3 is 0 Å². The second-order valence-electron chi connectivity index (χ2n) is 1.72. The van der Waals surface area contributed by atoms with Crippen molar-refractivity contribution >= 4 is 11.8 Å². The lowest BCUT2D eigenvalue weighted by Crippen LogP contribution is -2.09. The summed E-state index contributed by atoms with van der Waals surface area (Å²) in [6, 6.07) is 0. The second kappa shape index (κ2) is 5.45. The molecule has 0 radical (unpaired) electrons. The summed E-state index contributed by atoms with van der Waals surface area (Å²) in [5, 5.41) is 0. The van der Waals surface area contributed by atoms with Gasteiger partial charge in [0.15, 0.2) is 0 Å². The van der Waals surface area contributed by atoms with E-state index in [1.165, 1.54) is 0 Å². The normalized spacial score (nSPS) is 13.9. The summed E-state index contributed by atoms with van der Waals surface area (Å²) in [4.78, 5) is 0. The van der Waals surface area contributed by atoms with Gasteiger partial charge in [-0.2, -0.15) is 11.8 Å². The average molecular weight is 134 g/mol. The van der Waals surface area contributed by atoms with Crippen LogP contribution in [-0.2, 0) is 4.74 Å². The molecule has 0 heterocycles. The van der Waals surface area contributed by atoms with Crippen LogP contribution in [0.25, 0.3) is 0 Å². The number of hydrogen-bond acceptors (Lipinski definition) is 2. The summed E-state index contributed by atoms with van der Waals surface area (Å²) in [5.41, 5.74) is 0. The van der Waals surface area contributed by atoms with E-state index in [-0.39, 0.29) is 0 Å². The van der Waals surface area contributed by atoms with Crippen molar-refractivity contribution in [3.05, 3.63) is 0 Å². The van der Waals surface area contributed by atoms with Gasteiger partial charge in [-0.05, 0) is 20.1 Å². The van der Waals surface area contributed by atoms with Gasteiger partial charge in [0, 0.05) is 12.4 Å². The topological polar surface area (TPSA) is 9.23 Å². The minimum atomic E-state index is 0.426. The largest absolute Gasteiger partial charge is 0.378 e. The molecular formula is C6H14OS. The Bertz CT molecular complexity index is 41.8. The van der Waals surface area contributed by atoms with Crippen LogP contribution < -0.4 is 0 Å². The Balaban J connectivity index is 2.92. The third-order valence-corrected chi connectivity index (χ3v) is 1.66. The van der Waals surface area contributed by atoms with Gasteiger partial charge < -0.3 is 4.74 Å². The molecule has 0 bridgehead atoms. The number of thioether (sulfide) groups is 1. The molecule has 1 atom stereocenters. The molecule has 0 saturated carbocycles. The highest BCUT2D eigenvalue weighted by Crippen LogP contribution is 1.99. The predicted octanol–water partition coefficient (Wildman–Crippen LogP) is 1.77. The van der Waals surface area contributed by atoms with Gasteiger partial charge in [0.2, 0.25) is 0 Å². The number of rotatable bonds is 4. The quantitative estimate of drug-likeness (QED) is 0.579. The molecule has 0 spiro atoms. The third kappa shape index (κ3) is 4.47. The van der Waals surface area contributed by atoms with E-state index in [0.29, 0.717) is 6.10 Å². The first kappa shape index (κ1) is 8.31. The van der Waals surface area contributed by atoms with Gasteiger partial charge in [-0.25, -0.2) is 0 Å². The van der Waals surface area contributed by atoms with Gasteiger partial charge in [0.25, 0.3) is 0 Å². The molecule has 2 heteroatoms. The molecule has 0 amide bonds. The van der Waals surface area contributed by atoms with Gasteiger partial charge in [-0.1, -0.05) is 0 Å². The Morgan fingerprint density at radius 1 is 1.62 bits per heavy atom. The Hall–Kier alpha value is 0.310. The van der Waals surface area contributed by atoms with E-state index in [1.807, 2.05) is 18.7 Å². The van der Waals surface area contributed by atoms with E-state index < -0.39 is 0 Å². The van der Waals surface area contributed by atoms with Gasteiger partial charge in [-0.15, -0.1) is 0 Å². The first-order valence-electron chi connectivity index (χ1n) is 2.91. The highest BCUT2D eigenvalue weighted by molar-refractivity contribution is 7.98. The molecule has 0 rings (SSSR count). The van der Waals surface area contributed by atoms with E-state index in [4.69, 9.17) is 4.74 Å². The van der Waals surface area contributed by atoms with Crippen molar-refractivity contribution in [2.24, 2.45) is 0 Å². The first-order chi connectivity index (χ1) is 3.81. The summed E-state index contributed by atoms with van der Waals surface area (Å²) in [5.74, 6) is 1.10. The molecule has 0 aromatic rings. The van der Waals surface area contributed by atoms with Crippen LogP contribution in [0.3, 0.4) is 0 Å². The van der Waals surface area contributed by atoms with E-state index in [0.717, 1.165) is 12.4 Å². The van der Waals surface area contributed by atoms with E-state index in [1.54, 1.807) is 0 Å². The summed E-state index contributed by atoms with van der Waals surface area (Å²) < 4.78 is 5.26. The zero-order chi connectivity index (χ0) is 6.41. The maximum atomic E-state index is 5.26. The third-order valence-electron chi connectivity index (χ3n) is 0.853. The maximum Gasteiger partial charge on any atom is 0.0637 e. The van der Waals surface area contributed by atoms with Crippen LogP contribution in [0.15, 0.2) is 0 Å². The minimum absolute atomic E-state index is 0.426. The van der Waals surface area contributed by atoms with Crippen LogP contribution >= 0.6 is 11.8 Å². The first-order valence-corrected chi connectivity index (χ1v) is 4.31. The molecule has 1 unspecified atom stereocenters. The molecular weight excluding hydrogens is 120 g/mol. The fraction of sp³-hybridized carbons (Fsp3) is 1.00. The Kier molecular flexibility index (Phi) is 5.66. The van der Waals surface area contributed by atoms with Crippen molar-refractivity contribution in [3.8, 4) is 0 Å². The van der Waals surface area contributed by atoms with Crippen LogP contribution in [0, 0.1) is 0 Å². The Morgan fingerprint density at radius 3 is 2.62 bits per heavy atom. The van der Waals surface area contributed by atoms with E-state index >= 15 is 0 Å². The van der Waals surface area contributed by atoms with E-state index in [2.05, 4.69) is 13.2 Å². The van der Waals surface area contributed by atoms with Crippen molar-refractivity contribution in [1.82, 2.24) is 0 Å². The van der Waals surface area contributed by atoms with Crippen LogP contribution in [0.4, 0.5) is 0 Å². The highest BCUT2D eigenvalue weighted by atomic mass is 32.2. The SMILES string of the molecule is CCOC(C)CSC. The lowest BCUT2D eigenvalue weighted by molar-refractivity contribution is 0.0932. The van der Waals surface area contributed by atoms with Gasteiger partial charge in [-0.3, -0.25) is 0 Å². The van der Waals surface area contributed by atoms with Crippen LogP contribution in [0.2, 0.25) is 0 Å². The fourth-order valence-electron chi connectivity index (χ4n) is 0.567. The van der Waals surface area contributed by atoms with Gasteiger partial charge in [0.1, 0.15) is 0 Å². The molecule has 50 valence electrons. The van der Waals surface area contributed by atoms with E-state index in [9.17, 15) is 0 Å². The molecule has 0 aromatic heterocycles. The molecule has 0 aliphatic rings. The lowest BCUT2D eigenvalue weighted by atomic mass is 10.5. The van der Waals surface area contributed by atoms with Crippen molar-refractivity contribution in [2.45, 2.75) is 20.0 Å². The Morgan fingerprint density at radius 2 is 2.25 bits per heavy atom. The lowest BCUT2D eigenvalue weighted by Gasteiger charge is -2.07. The summed E-state index contributed by atoms with van der Waals surface area (Å²) in [6.45, 7) is 4.96. The second-order valence-corrected chi connectivity index (χ2v) is 2.63.